The van der Waals surface area contributed by atoms with Gasteiger partial charge in [-0.1, -0.05) is 82.5 Å². The minimum Gasteiger partial charge on any atom is -0.271 e. The molecule has 0 spiro atoms. The smallest absolute Gasteiger partial charge is 0.261 e. The normalized spacial score (nSPS) is 13.2. The molecular weight excluding hydrogens is 388 g/mol. The van der Waals surface area contributed by atoms with Gasteiger partial charge in [-0.15, -0.1) is 0 Å². The van der Waals surface area contributed by atoms with E-state index in [2.05, 4.69) is 23.9 Å². The summed E-state index contributed by atoms with van der Waals surface area (Å²) in [6.45, 7) is 4.36. The van der Waals surface area contributed by atoms with Crippen molar-refractivity contribution in [3.05, 3.63) is 51.9 Å². The number of unbranched alkanes of at least 4 members (excludes halogenated alkanes) is 6. The van der Waals surface area contributed by atoms with E-state index in [4.69, 9.17) is 5.53 Å². The number of nitrogens with zero attached hydrogens (tertiary/aromatic N) is 4. The highest BCUT2D eigenvalue weighted by Crippen LogP contribution is 2.35. The fraction of sp³-hybridized carbons (Fsp3) is 0.520. The molecule has 1 aliphatic heterocycles. The number of carbonyl (C=O) groups excluding carboxylic acids is 2. The number of carbonyl (C=O) groups is 2. The minimum atomic E-state index is -0.264. The van der Waals surface area contributed by atoms with E-state index in [9.17, 15) is 9.59 Å². The van der Waals surface area contributed by atoms with Crippen molar-refractivity contribution >= 4 is 28.3 Å². The lowest BCUT2D eigenvalue weighted by atomic mass is 9.90. The third-order valence-corrected chi connectivity index (χ3v) is 6.17. The predicted octanol–water partition coefficient (Wildman–Crippen LogP) is 7.69. The van der Waals surface area contributed by atoms with Crippen LogP contribution in [0.1, 0.15) is 98.8 Å². The molecule has 2 amide bonds. The molecule has 3 rings (SSSR count). The highest BCUT2D eigenvalue weighted by Gasteiger charge is 2.37. The zero-order valence-electron chi connectivity index (χ0n) is 18.6. The lowest BCUT2D eigenvalue weighted by molar-refractivity contribution is 0.0517. The Hall–Kier alpha value is -2.85. The lowest BCUT2D eigenvalue weighted by Gasteiger charge is -2.34. The van der Waals surface area contributed by atoms with E-state index >= 15 is 0 Å². The predicted molar refractivity (Wildman–Crippen MR) is 125 cm³/mol. The Morgan fingerprint density at radius 3 is 2.16 bits per heavy atom. The quantitative estimate of drug-likeness (QED) is 0.116. The second-order valence-electron chi connectivity index (χ2n) is 8.42. The van der Waals surface area contributed by atoms with Crippen LogP contribution >= 0.6 is 0 Å². The molecule has 31 heavy (non-hydrogen) atoms. The van der Waals surface area contributed by atoms with E-state index in [1.807, 2.05) is 12.1 Å². The Bertz CT molecular complexity index is 982. The zero-order chi connectivity index (χ0) is 22.2. The summed E-state index contributed by atoms with van der Waals surface area (Å²) in [7, 11) is 0. The van der Waals surface area contributed by atoms with Gasteiger partial charge in [0.15, 0.2) is 0 Å². The van der Waals surface area contributed by atoms with E-state index in [1.54, 1.807) is 18.2 Å². The lowest BCUT2D eigenvalue weighted by Crippen LogP contribution is -2.47. The summed E-state index contributed by atoms with van der Waals surface area (Å²) in [6.07, 6.45) is 10.6. The standard InChI is InChI=1S/C25H32N4O2/c1-3-5-7-9-13-20(14-10-8-6-4-2)29-24(30)21-15-11-12-18-16-19(27-28-26)17-22(23(18)21)25(29)31/h11-12,15-17,20H,3-10,13-14H2,1-2H3. The monoisotopic (exact) mass is 420 g/mol. The summed E-state index contributed by atoms with van der Waals surface area (Å²) in [6, 6.07) is 8.72. The van der Waals surface area contributed by atoms with Crippen molar-refractivity contribution in [3.63, 3.8) is 0 Å². The zero-order valence-corrected chi connectivity index (χ0v) is 18.6. The Morgan fingerprint density at radius 1 is 0.903 bits per heavy atom. The number of azide groups is 1. The Labute approximate surface area is 184 Å². The molecule has 0 bridgehead atoms. The summed E-state index contributed by atoms with van der Waals surface area (Å²) in [4.78, 5) is 31.4. The van der Waals surface area contributed by atoms with Crippen molar-refractivity contribution in [2.24, 2.45) is 5.11 Å². The molecule has 0 unspecified atom stereocenters. The first kappa shape index (κ1) is 22.8. The fourth-order valence-electron chi connectivity index (χ4n) is 4.57. The molecular formula is C25H32N4O2. The summed E-state index contributed by atoms with van der Waals surface area (Å²) in [5.74, 6) is -0.463. The molecule has 0 saturated heterocycles. The molecule has 6 heteroatoms. The van der Waals surface area contributed by atoms with E-state index in [0.29, 0.717) is 22.2 Å². The number of hydrogen-bond acceptors (Lipinski definition) is 3. The Balaban J connectivity index is 1.96. The van der Waals surface area contributed by atoms with Crippen molar-refractivity contribution < 1.29 is 9.59 Å². The molecule has 1 aliphatic rings. The van der Waals surface area contributed by atoms with Gasteiger partial charge in [-0.05, 0) is 42.0 Å². The first-order valence-corrected chi connectivity index (χ1v) is 11.6. The fourth-order valence-corrected chi connectivity index (χ4v) is 4.57. The maximum atomic E-state index is 13.6. The third-order valence-electron chi connectivity index (χ3n) is 6.17. The van der Waals surface area contributed by atoms with E-state index < -0.39 is 0 Å². The third kappa shape index (κ3) is 5.08. The molecule has 0 aromatic heterocycles. The molecule has 0 radical (unpaired) electrons. The van der Waals surface area contributed by atoms with E-state index in [0.717, 1.165) is 56.8 Å². The molecule has 164 valence electrons. The summed E-state index contributed by atoms with van der Waals surface area (Å²) in [5.41, 5.74) is 10.3. The van der Waals surface area contributed by atoms with E-state index in [-0.39, 0.29) is 17.9 Å². The molecule has 0 aliphatic carbocycles. The van der Waals surface area contributed by atoms with Gasteiger partial charge in [0.1, 0.15) is 0 Å². The van der Waals surface area contributed by atoms with Crippen LogP contribution in [0.3, 0.4) is 0 Å². The average Bonchev–Trinajstić information content (AvgIpc) is 2.77. The second kappa shape index (κ2) is 11.0. The van der Waals surface area contributed by atoms with E-state index in [1.165, 1.54) is 17.7 Å². The number of imide groups is 1. The summed E-state index contributed by atoms with van der Waals surface area (Å²) >= 11 is 0. The first-order valence-electron chi connectivity index (χ1n) is 11.6. The molecule has 2 aromatic carbocycles. The van der Waals surface area contributed by atoms with Gasteiger partial charge in [-0.25, -0.2) is 0 Å². The number of hydrogen-bond donors (Lipinski definition) is 0. The van der Waals surface area contributed by atoms with Crippen molar-refractivity contribution in [1.29, 1.82) is 0 Å². The Morgan fingerprint density at radius 2 is 1.55 bits per heavy atom. The van der Waals surface area contributed by atoms with Crippen LogP contribution in [-0.4, -0.2) is 22.8 Å². The highest BCUT2D eigenvalue weighted by atomic mass is 16.2. The van der Waals surface area contributed by atoms with Gasteiger partial charge < -0.3 is 0 Å². The van der Waals surface area contributed by atoms with Crippen LogP contribution < -0.4 is 0 Å². The average molecular weight is 421 g/mol. The van der Waals surface area contributed by atoms with Crippen molar-refractivity contribution in [3.8, 4) is 0 Å². The van der Waals surface area contributed by atoms with Gasteiger partial charge in [-0.2, -0.15) is 0 Å². The Kier molecular flexibility index (Phi) is 8.07. The number of rotatable bonds is 12. The largest absolute Gasteiger partial charge is 0.271 e. The van der Waals surface area contributed by atoms with Crippen molar-refractivity contribution in [2.45, 2.75) is 84.1 Å². The summed E-state index contributed by atoms with van der Waals surface area (Å²) < 4.78 is 0. The molecule has 0 saturated carbocycles. The van der Waals surface area contributed by atoms with Gasteiger partial charge in [0.2, 0.25) is 0 Å². The minimum absolute atomic E-state index is 0.0970. The maximum Gasteiger partial charge on any atom is 0.261 e. The molecule has 0 N–H and O–H groups in total. The van der Waals surface area contributed by atoms with Gasteiger partial charge in [-0.3, -0.25) is 14.5 Å². The molecule has 2 aromatic rings. The first-order chi connectivity index (χ1) is 15.1. The number of benzene rings is 2. The molecule has 0 fully saturated rings. The SMILES string of the molecule is CCCCCCC(CCCCCC)N1C(=O)c2cccc3cc(N=[N+]=[N-])cc(c23)C1=O. The second-order valence-corrected chi connectivity index (χ2v) is 8.42. The highest BCUT2D eigenvalue weighted by molar-refractivity contribution is 6.26. The summed E-state index contributed by atoms with van der Waals surface area (Å²) in [5, 5.41) is 5.13. The van der Waals surface area contributed by atoms with Crippen LogP contribution in [0.2, 0.25) is 0 Å². The van der Waals surface area contributed by atoms with Crippen molar-refractivity contribution in [1.82, 2.24) is 4.90 Å². The van der Waals surface area contributed by atoms with Crippen LogP contribution in [0.25, 0.3) is 21.2 Å². The topological polar surface area (TPSA) is 86.1 Å². The van der Waals surface area contributed by atoms with Crippen LogP contribution in [0, 0.1) is 0 Å². The maximum absolute atomic E-state index is 13.6. The van der Waals surface area contributed by atoms with Gasteiger partial charge >= 0.3 is 0 Å². The van der Waals surface area contributed by atoms with Crippen LogP contribution in [0.15, 0.2) is 35.4 Å². The van der Waals surface area contributed by atoms with Gasteiger partial charge in [0.05, 0.1) is 0 Å². The van der Waals surface area contributed by atoms with Crippen molar-refractivity contribution in [2.75, 3.05) is 0 Å². The molecule has 1 heterocycles. The van der Waals surface area contributed by atoms with Gasteiger partial charge in [0, 0.05) is 33.2 Å². The number of amides is 2. The molecule has 6 nitrogen and oxygen atoms in total. The molecule has 0 atom stereocenters. The van der Waals surface area contributed by atoms with Gasteiger partial charge in [0.25, 0.3) is 11.8 Å². The van der Waals surface area contributed by atoms with Crippen LogP contribution in [-0.2, 0) is 0 Å². The van der Waals surface area contributed by atoms with Crippen LogP contribution in [0.5, 0.6) is 0 Å². The van der Waals surface area contributed by atoms with Crippen LogP contribution in [0.4, 0.5) is 5.69 Å².